The summed E-state index contributed by atoms with van der Waals surface area (Å²) < 4.78 is 5.69. The van der Waals surface area contributed by atoms with Gasteiger partial charge in [0.15, 0.2) is 0 Å². The summed E-state index contributed by atoms with van der Waals surface area (Å²) in [6.45, 7) is 2.11. The molecule has 0 fully saturated rings. The molecular weight excluding hydrogens is 348 g/mol. The first kappa shape index (κ1) is 20.6. The van der Waals surface area contributed by atoms with Crippen molar-refractivity contribution in [1.82, 2.24) is 5.06 Å². The Kier molecular flexibility index (Phi) is 7.98. The van der Waals surface area contributed by atoms with E-state index in [1.54, 1.807) is 6.92 Å². The van der Waals surface area contributed by atoms with Gasteiger partial charge in [-0.2, -0.15) is 0 Å². The number of nitrogens with one attached hydrogen (secondary N) is 1. The molecule has 0 unspecified atom stereocenters. The molecule has 0 aromatic heterocycles. The largest absolute Gasteiger partial charge is 0.494 e. The Morgan fingerprint density at radius 1 is 1.22 bits per heavy atom. The summed E-state index contributed by atoms with van der Waals surface area (Å²) in [6.07, 6.45) is 5.21. The van der Waals surface area contributed by atoms with Gasteiger partial charge in [0.25, 0.3) is 12.3 Å². The molecule has 7 nitrogen and oxygen atoms in total. The van der Waals surface area contributed by atoms with Gasteiger partial charge in [-0.3, -0.25) is 9.59 Å². The van der Waals surface area contributed by atoms with E-state index in [-0.39, 0.29) is 19.3 Å². The highest BCUT2D eigenvalue weighted by atomic mass is 16.7. The number of carbonyl (C=O) groups is 3. The lowest BCUT2D eigenvalue weighted by Crippen LogP contribution is -2.32. The second kappa shape index (κ2) is 10.4. The van der Waals surface area contributed by atoms with Crippen LogP contribution in [0.25, 0.3) is 0 Å². The first-order valence-electron chi connectivity index (χ1n) is 9.36. The Labute approximate surface area is 159 Å². The van der Waals surface area contributed by atoms with Gasteiger partial charge in [-0.15, -0.1) is 5.06 Å². The van der Waals surface area contributed by atoms with Crippen molar-refractivity contribution in [2.45, 2.75) is 58.3 Å². The molecule has 0 heterocycles. The third kappa shape index (κ3) is 6.20. The van der Waals surface area contributed by atoms with Crippen LogP contribution < -0.4 is 4.74 Å². The van der Waals surface area contributed by atoms with Crippen LogP contribution in [0.4, 0.5) is 0 Å². The van der Waals surface area contributed by atoms with E-state index in [0.717, 1.165) is 36.8 Å². The van der Waals surface area contributed by atoms with Gasteiger partial charge in [-0.25, -0.2) is 4.79 Å². The maximum absolute atomic E-state index is 11.7. The maximum atomic E-state index is 11.7. The number of aryl methyl sites for hydroxylation is 1. The van der Waals surface area contributed by atoms with Crippen LogP contribution in [0.2, 0.25) is 0 Å². The van der Waals surface area contributed by atoms with Gasteiger partial charge in [0, 0.05) is 12.1 Å². The predicted octanol–water partition coefficient (Wildman–Crippen LogP) is 3.18. The zero-order valence-corrected chi connectivity index (χ0v) is 15.7. The minimum absolute atomic E-state index is 0.0410. The first-order chi connectivity index (χ1) is 13.0. The first-order valence-corrected chi connectivity index (χ1v) is 9.36. The van der Waals surface area contributed by atoms with Gasteiger partial charge in [0.2, 0.25) is 0 Å². The number of hydroxylamine groups is 2. The van der Waals surface area contributed by atoms with Gasteiger partial charge in [-0.05, 0) is 67.9 Å². The Bertz CT molecular complexity index is 702. The van der Waals surface area contributed by atoms with E-state index in [1.807, 2.05) is 18.2 Å². The smallest absolute Gasteiger partial charge is 0.333 e. The molecule has 1 aromatic rings. The molecule has 2 amide bonds. The van der Waals surface area contributed by atoms with Crippen molar-refractivity contribution in [3.63, 3.8) is 0 Å². The minimum Gasteiger partial charge on any atom is -0.494 e. The standard InChI is InChI=1S/C20H26N2O5/c1-2-6-19(24)22(14-23)27-20(25)9-5-12-26-16-10-11-17-15(13-16)7-3-4-8-18(17)21/h10-11,13-14,21H,2-9,12H2,1H3. The summed E-state index contributed by atoms with van der Waals surface area (Å²) >= 11 is 0. The van der Waals surface area contributed by atoms with Crippen LogP contribution >= 0.6 is 0 Å². The fraction of sp³-hybridized carbons (Fsp3) is 0.500. The van der Waals surface area contributed by atoms with E-state index in [2.05, 4.69) is 0 Å². The van der Waals surface area contributed by atoms with E-state index in [4.69, 9.17) is 15.0 Å². The van der Waals surface area contributed by atoms with Crippen LogP contribution in [0.5, 0.6) is 5.75 Å². The second-order valence-electron chi connectivity index (χ2n) is 6.49. The summed E-state index contributed by atoms with van der Waals surface area (Å²) in [7, 11) is 0. The van der Waals surface area contributed by atoms with E-state index in [0.29, 0.717) is 36.0 Å². The molecule has 0 atom stereocenters. The highest BCUT2D eigenvalue weighted by Gasteiger charge is 2.17. The number of fused-ring (bicyclic) bond motifs is 1. The van der Waals surface area contributed by atoms with Gasteiger partial charge >= 0.3 is 5.97 Å². The molecule has 1 aliphatic rings. The lowest BCUT2D eigenvalue weighted by Gasteiger charge is -2.14. The maximum Gasteiger partial charge on any atom is 0.333 e. The average molecular weight is 374 g/mol. The highest BCUT2D eigenvalue weighted by Crippen LogP contribution is 2.25. The molecule has 1 aliphatic carbocycles. The van der Waals surface area contributed by atoms with Crippen molar-refractivity contribution in [1.29, 1.82) is 5.41 Å². The van der Waals surface area contributed by atoms with Crippen LogP contribution in [0.3, 0.4) is 0 Å². The average Bonchev–Trinajstić information content (AvgIpc) is 2.84. The lowest BCUT2D eigenvalue weighted by molar-refractivity contribution is -0.196. The molecule has 1 aromatic carbocycles. The van der Waals surface area contributed by atoms with E-state index < -0.39 is 11.9 Å². The summed E-state index contributed by atoms with van der Waals surface area (Å²) in [5.41, 5.74) is 2.80. The predicted molar refractivity (Wildman–Crippen MR) is 99.5 cm³/mol. The molecule has 0 radical (unpaired) electrons. The number of hydrogen-bond acceptors (Lipinski definition) is 6. The minimum atomic E-state index is -0.648. The Balaban J connectivity index is 1.77. The van der Waals surface area contributed by atoms with Crippen LogP contribution in [0.15, 0.2) is 18.2 Å². The number of amides is 2. The number of nitrogens with zero attached hydrogens (tertiary/aromatic N) is 1. The molecule has 7 heteroatoms. The van der Waals surface area contributed by atoms with Crippen molar-refractivity contribution >= 4 is 24.0 Å². The number of ether oxygens (including phenoxy) is 1. The Morgan fingerprint density at radius 2 is 2.00 bits per heavy atom. The van der Waals surface area contributed by atoms with Crippen molar-refractivity contribution in [3.8, 4) is 5.75 Å². The third-order valence-corrected chi connectivity index (χ3v) is 4.32. The lowest BCUT2D eigenvalue weighted by atomic mass is 10.0. The fourth-order valence-corrected chi connectivity index (χ4v) is 2.93. The number of carbonyl (C=O) groups excluding carboxylic acids is 3. The third-order valence-electron chi connectivity index (χ3n) is 4.32. The molecule has 0 spiro atoms. The SMILES string of the molecule is CCCC(=O)N(C=O)OC(=O)CCCOc1ccc2c(c1)CCCCC2=N. The topological polar surface area (TPSA) is 96.8 Å². The van der Waals surface area contributed by atoms with Crippen molar-refractivity contribution < 1.29 is 24.0 Å². The van der Waals surface area contributed by atoms with E-state index >= 15 is 0 Å². The highest BCUT2D eigenvalue weighted by molar-refractivity contribution is 5.99. The normalized spacial score (nSPS) is 13.3. The molecule has 1 N–H and O–H groups in total. The Hall–Kier alpha value is -2.70. The van der Waals surface area contributed by atoms with Gasteiger partial charge < -0.3 is 15.0 Å². The number of rotatable bonds is 8. The van der Waals surface area contributed by atoms with Gasteiger partial charge in [-0.1, -0.05) is 6.92 Å². The summed E-state index contributed by atoms with van der Waals surface area (Å²) in [5.74, 6) is -0.470. The zero-order valence-electron chi connectivity index (χ0n) is 15.7. The molecular formula is C20H26N2O5. The molecule has 27 heavy (non-hydrogen) atoms. The van der Waals surface area contributed by atoms with Crippen molar-refractivity contribution in [2.24, 2.45) is 0 Å². The fourth-order valence-electron chi connectivity index (χ4n) is 2.93. The number of hydrogen-bond donors (Lipinski definition) is 1. The van der Waals surface area contributed by atoms with Crippen molar-refractivity contribution in [2.75, 3.05) is 6.61 Å². The molecule has 2 rings (SSSR count). The summed E-state index contributed by atoms with van der Waals surface area (Å²) in [5, 5.41) is 8.53. The van der Waals surface area contributed by atoms with Crippen molar-refractivity contribution in [3.05, 3.63) is 29.3 Å². The molecule has 0 bridgehead atoms. The molecule has 0 aliphatic heterocycles. The van der Waals surface area contributed by atoms with Gasteiger partial charge in [0.1, 0.15) is 5.75 Å². The van der Waals surface area contributed by atoms with E-state index in [1.165, 1.54) is 0 Å². The van der Waals surface area contributed by atoms with E-state index in [9.17, 15) is 14.4 Å². The quantitative estimate of drug-likeness (QED) is 0.326. The monoisotopic (exact) mass is 374 g/mol. The molecule has 0 saturated heterocycles. The Morgan fingerprint density at radius 3 is 2.74 bits per heavy atom. The van der Waals surface area contributed by atoms with Crippen LogP contribution in [0, 0.1) is 5.41 Å². The second-order valence-corrected chi connectivity index (χ2v) is 6.49. The van der Waals surface area contributed by atoms with Gasteiger partial charge in [0.05, 0.1) is 13.0 Å². The molecule has 0 saturated carbocycles. The summed E-state index contributed by atoms with van der Waals surface area (Å²) in [6, 6.07) is 5.73. The summed E-state index contributed by atoms with van der Waals surface area (Å²) in [4.78, 5) is 38.9. The molecule has 146 valence electrons. The van der Waals surface area contributed by atoms with Crippen LogP contribution in [0.1, 0.15) is 63.0 Å². The zero-order chi connectivity index (χ0) is 19.6. The number of benzene rings is 1. The number of imide groups is 1. The van der Waals surface area contributed by atoms with Crippen LogP contribution in [-0.2, 0) is 25.6 Å². The van der Waals surface area contributed by atoms with Crippen LogP contribution in [-0.4, -0.2) is 35.7 Å².